The van der Waals surface area contributed by atoms with Gasteiger partial charge in [0.05, 0.1) is 5.71 Å². The Balaban J connectivity index is 2.04. The molecule has 3 nitrogen and oxygen atoms in total. The number of benzene rings is 2. The Morgan fingerprint density at radius 2 is 1.86 bits per heavy atom. The molecule has 114 valence electrons. The summed E-state index contributed by atoms with van der Waals surface area (Å²) in [5.74, 6) is -0.874. The van der Waals surface area contributed by atoms with E-state index in [0.717, 1.165) is 18.4 Å². The molecule has 0 aromatic heterocycles. The first-order chi connectivity index (χ1) is 10.6. The van der Waals surface area contributed by atoms with E-state index >= 15 is 0 Å². The van der Waals surface area contributed by atoms with Crippen LogP contribution in [0.3, 0.4) is 0 Å². The van der Waals surface area contributed by atoms with Gasteiger partial charge >= 0.3 is 0 Å². The van der Waals surface area contributed by atoms with E-state index in [1.54, 1.807) is 6.07 Å². The number of nitrogens with one attached hydrogen (secondary N) is 1. The van der Waals surface area contributed by atoms with Gasteiger partial charge in [-0.3, -0.25) is 4.79 Å². The molecule has 0 saturated heterocycles. The van der Waals surface area contributed by atoms with Crippen molar-refractivity contribution in [3.8, 4) is 0 Å². The van der Waals surface area contributed by atoms with Crippen molar-refractivity contribution in [2.75, 3.05) is 0 Å². The number of hydrogen-bond acceptors (Lipinski definition) is 2. The fourth-order valence-corrected chi connectivity index (χ4v) is 2.09. The van der Waals surface area contributed by atoms with Crippen molar-refractivity contribution >= 4 is 11.6 Å². The zero-order chi connectivity index (χ0) is 15.9. The Bertz CT molecular complexity index is 678. The molecule has 0 atom stereocenters. The van der Waals surface area contributed by atoms with Crippen molar-refractivity contribution in [2.45, 2.75) is 26.7 Å². The first kappa shape index (κ1) is 15.9. The van der Waals surface area contributed by atoms with Crippen LogP contribution in [-0.2, 0) is 6.42 Å². The molecule has 2 aromatic carbocycles. The summed E-state index contributed by atoms with van der Waals surface area (Å²) in [6.45, 7) is 3.96. The van der Waals surface area contributed by atoms with Crippen LogP contribution in [0.2, 0.25) is 0 Å². The number of aryl methyl sites for hydroxylation is 1. The van der Waals surface area contributed by atoms with Gasteiger partial charge in [-0.2, -0.15) is 5.10 Å². The maximum Gasteiger partial charge on any atom is 0.271 e. The number of amides is 1. The molecule has 1 amide bonds. The van der Waals surface area contributed by atoms with Crippen molar-refractivity contribution in [3.63, 3.8) is 0 Å². The number of halogens is 1. The van der Waals surface area contributed by atoms with Crippen LogP contribution in [0, 0.1) is 5.82 Å². The van der Waals surface area contributed by atoms with Gasteiger partial charge in [-0.1, -0.05) is 43.7 Å². The molecule has 0 bridgehead atoms. The molecule has 0 spiro atoms. The first-order valence-corrected chi connectivity index (χ1v) is 7.29. The smallest absolute Gasteiger partial charge is 0.267 e. The second-order valence-electron chi connectivity index (χ2n) is 5.10. The maximum atomic E-state index is 13.1. The minimum Gasteiger partial charge on any atom is -0.267 e. The molecule has 2 aromatic rings. The van der Waals surface area contributed by atoms with Crippen LogP contribution in [0.25, 0.3) is 0 Å². The van der Waals surface area contributed by atoms with Crippen LogP contribution in [0.15, 0.2) is 53.6 Å². The average molecular weight is 298 g/mol. The number of rotatable bonds is 5. The molecule has 0 heterocycles. The molecule has 0 unspecified atom stereocenters. The predicted octanol–water partition coefficient (Wildman–Crippen LogP) is 3.93. The quantitative estimate of drug-likeness (QED) is 0.659. The lowest BCUT2D eigenvalue weighted by atomic mass is 10.1. The number of nitrogens with zero attached hydrogens (tertiary/aromatic N) is 1. The average Bonchev–Trinajstić information content (AvgIpc) is 2.53. The summed E-state index contributed by atoms with van der Waals surface area (Å²) >= 11 is 0. The summed E-state index contributed by atoms with van der Waals surface area (Å²) in [6, 6.07) is 13.6. The molecule has 0 radical (unpaired) electrons. The highest BCUT2D eigenvalue weighted by atomic mass is 19.1. The highest BCUT2D eigenvalue weighted by Gasteiger charge is 2.06. The maximum absolute atomic E-state index is 13.1. The Kier molecular flexibility index (Phi) is 5.42. The molecule has 0 aliphatic heterocycles. The van der Waals surface area contributed by atoms with Crippen LogP contribution in [0.5, 0.6) is 0 Å². The number of hydrazone groups is 1. The predicted molar refractivity (Wildman–Crippen MR) is 86.5 cm³/mol. The van der Waals surface area contributed by atoms with Gasteiger partial charge in [0.15, 0.2) is 0 Å². The lowest BCUT2D eigenvalue weighted by Gasteiger charge is -2.04. The van der Waals surface area contributed by atoms with Gasteiger partial charge in [0, 0.05) is 5.56 Å². The Morgan fingerprint density at radius 1 is 1.14 bits per heavy atom. The van der Waals surface area contributed by atoms with Crippen molar-refractivity contribution < 1.29 is 9.18 Å². The molecule has 2 rings (SSSR count). The topological polar surface area (TPSA) is 41.5 Å². The summed E-state index contributed by atoms with van der Waals surface area (Å²) in [4.78, 5) is 11.9. The summed E-state index contributed by atoms with van der Waals surface area (Å²) in [5.41, 5.74) is 5.62. The third kappa shape index (κ3) is 4.25. The molecule has 0 aliphatic carbocycles. The third-order valence-corrected chi connectivity index (χ3v) is 3.32. The fraction of sp³-hybridized carbons (Fsp3) is 0.222. The van der Waals surface area contributed by atoms with E-state index in [0.29, 0.717) is 5.71 Å². The van der Waals surface area contributed by atoms with Gasteiger partial charge < -0.3 is 0 Å². The molecular formula is C18H19FN2O. The number of carbonyl (C=O) groups excluding carboxylic acids is 1. The largest absolute Gasteiger partial charge is 0.271 e. The standard InChI is InChI=1S/C18H19FN2O/c1-3-5-14-8-10-15(11-9-14)13(2)20-21-18(22)16-6-4-7-17(19)12-16/h4,6-12H,3,5H2,1-2H3,(H,21,22)/b20-13+. The van der Waals surface area contributed by atoms with E-state index in [4.69, 9.17) is 0 Å². The Hall–Kier alpha value is -2.49. The second kappa shape index (κ2) is 7.50. The number of hydrogen-bond donors (Lipinski definition) is 1. The SMILES string of the molecule is CCCc1ccc(/C(C)=N/NC(=O)c2cccc(F)c2)cc1. The van der Waals surface area contributed by atoms with Crippen LogP contribution >= 0.6 is 0 Å². The van der Waals surface area contributed by atoms with E-state index in [2.05, 4.69) is 29.6 Å². The zero-order valence-corrected chi connectivity index (χ0v) is 12.8. The van der Waals surface area contributed by atoms with E-state index in [1.807, 2.05) is 19.1 Å². The summed E-state index contributed by atoms with van der Waals surface area (Å²) in [7, 11) is 0. The Labute approximate surface area is 129 Å². The summed E-state index contributed by atoms with van der Waals surface area (Å²) in [6.07, 6.45) is 2.16. The highest BCUT2D eigenvalue weighted by molar-refractivity contribution is 6.00. The zero-order valence-electron chi connectivity index (χ0n) is 12.8. The monoisotopic (exact) mass is 298 g/mol. The molecule has 22 heavy (non-hydrogen) atoms. The van der Waals surface area contributed by atoms with Crippen LogP contribution < -0.4 is 5.43 Å². The van der Waals surface area contributed by atoms with Gasteiger partial charge in [0.1, 0.15) is 5.82 Å². The summed E-state index contributed by atoms with van der Waals surface area (Å²) in [5, 5.41) is 4.07. The second-order valence-corrected chi connectivity index (χ2v) is 5.10. The van der Waals surface area contributed by atoms with Gasteiger partial charge in [0.2, 0.25) is 0 Å². The van der Waals surface area contributed by atoms with Crippen molar-refractivity contribution in [1.82, 2.24) is 5.43 Å². The van der Waals surface area contributed by atoms with Crippen LogP contribution in [0.1, 0.15) is 41.8 Å². The molecular weight excluding hydrogens is 279 g/mol. The normalized spacial score (nSPS) is 11.3. The Morgan fingerprint density at radius 3 is 2.50 bits per heavy atom. The van der Waals surface area contributed by atoms with Crippen molar-refractivity contribution in [3.05, 3.63) is 71.0 Å². The van der Waals surface area contributed by atoms with Crippen LogP contribution in [0.4, 0.5) is 4.39 Å². The lowest BCUT2D eigenvalue weighted by molar-refractivity contribution is 0.0954. The first-order valence-electron chi connectivity index (χ1n) is 7.29. The molecule has 4 heteroatoms. The van der Waals surface area contributed by atoms with E-state index < -0.39 is 11.7 Å². The van der Waals surface area contributed by atoms with E-state index in [1.165, 1.54) is 23.8 Å². The van der Waals surface area contributed by atoms with Crippen molar-refractivity contribution in [2.24, 2.45) is 5.10 Å². The van der Waals surface area contributed by atoms with Gasteiger partial charge in [0.25, 0.3) is 5.91 Å². The number of carbonyl (C=O) groups is 1. The lowest BCUT2D eigenvalue weighted by Crippen LogP contribution is -2.19. The minimum absolute atomic E-state index is 0.245. The van der Waals surface area contributed by atoms with Gasteiger partial charge in [-0.25, -0.2) is 9.82 Å². The van der Waals surface area contributed by atoms with Gasteiger partial charge in [-0.05, 0) is 42.7 Å². The van der Waals surface area contributed by atoms with Crippen molar-refractivity contribution in [1.29, 1.82) is 0 Å². The minimum atomic E-state index is -0.445. The van der Waals surface area contributed by atoms with Gasteiger partial charge in [-0.15, -0.1) is 0 Å². The molecule has 1 N–H and O–H groups in total. The highest BCUT2D eigenvalue weighted by Crippen LogP contribution is 2.08. The fourth-order valence-electron chi connectivity index (χ4n) is 2.09. The molecule has 0 aliphatic rings. The third-order valence-electron chi connectivity index (χ3n) is 3.32. The molecule has 0 saturated carbocycles. The molecule has 0 fully saturated rings. The van der Waals surface area contributed by atoms with E-state index in [9.17, 15) is 9.18 Å². The van der Waals surface area contributed by atoms with Crippen LogP contribution in [-0.4, -0.2) is 11.6 Å². The van der Waals surface area contributed by atoms with E-state index in [-0.39, 0.29) is 5.56 Å². The summed E-state index contributed by atoms with van der Waals surface area (Å²) < 4.78 is 13.1.